The smallest absolute Gasteiger partial charge is 0.160 e. The molecule has 0 radical (unpaired) electrons. The van der Waals surface area contributed by atoms with Crippen LogP contribution in [0.5, 0.6) is 0 Å². The monoisotopic (exact) mass is 510 g/mol. The molecule has 7 aromatic rings. The van der Waals surface area contributed by atoms with E-state index in [4.69, 9.17) is 9.97 Å². The third kappa shape index (κ3) is 3.31. The van der Waals surface area contributed by atoms with Crippen molar-refractivity contribution < 1.29 is 0 Å². The number of nitrogens with zero attached hydrogens (tertiary/aromatic N) is 2. The summed E-state index contributed by atoms with van der Waals surface area (Å²) in [6.07, 6.45) is 0. The summed E-state index contributed by atoms with van der Waals surface area (Å²) in [5, 5.41) is 4.77. The van der Waals surface area contributed by atoms with Crippen LogP contribution in [0.3, 0.4) is 0 Å². The molecule has 0 fully saturated rings. The van der Waals surface area contributed by atoms with Crippen LogP contribution in [0.4, 0.5) is 0 Å². The Balaban J connectivity index is 1.62. The molecule has 0 unspecified atom stereocenters. The summed E-state index contributed by atoms with van der Waals surface area (Å²) in [5.41, 5.74) is 7.77. The first-order chi connectivity index (χ1) is 17.3. The van der Waals surface area contributed by atoms with Crippen molar-refractivity contribution in [1.29, 1.82) is 0 Å². The van der Waals surface area contributed by atoms with Crippen LogP contribution in [-0.4, -0.2) is 9.97 Å². The van der Waals surface area contributed by atoms with E-state index in [2.05, 4.69) is 113 Å². The molecule has 0 saturated heterocycles. The zero-order chi connectivity index (χ0) is 23.4. The maximum absolute atomic E-state index is 5.00. The average Bonchev–Trinajstić information content (AvgIpc) is 2.92. The minimum absolute atomic E-state index is 0.756. The lowest BCUT2D eigenvalue weighted by atomic mass is 9.87. The highest BCUT2D eigenvalue weighted by atomic mass is 79.9. The molecule has 0 atom stereocenters. The Morgan fingerprint density at radius 1 is 0.457 bits per heavy atom. The van der Waals surface area contributed by atoms with Crippen molar-refractivity contribution in [3.05, 3.63) is 120 Å². The summed E-state index contributed by atoms with van der Waals surface area (Å²) in [5.74, 6) is 0.756. The van der Waals surface area contributed by atoms with Crippen molar-refractivity contribution in [1.82, 2.24) is 9.97 Å². The van der Waals surface area contributed by atoms with Gasteiger partial charge in [0.15, 0.2) is 5.82 Å². The topological polar surface area (TPSA) is 25.8 Å². The standard InChI is InChI=1S/C32H19BrN2/c33-23-13-7-12-22(18-23)27-19-26(20-8-3-1-4-9-20)24-14-16-28-31-29(17-15-25(27)30(24)31)35-32(34-28)21-10-5-2-6-11-21/h1-19H. The summed E-state index contributed by atoms with van der Waals surface area (Å²) >= 11 is 3.66. The van der Waals surface area contributed by atoms with Gasteiger partial charge >= 0.3 is 0 Å². The number of rotatable bonds is 3. The van der Waals surface area contributed by atoms with Crippen molar-refractivity contribution >= 4 is 48.5 Å². The Bertz CT molecular complexity index is 1820. The van der Waals surface area contributed by atoms with Gasteiger partial charge in [-0.05, 0) is 63.4 Å². The second-order valence-electron chi connectivity index (χ2n) is 8.78. The molecule has 2 nitrogen and oxygen atoms in total. The molecule has 0 spiro atoms. The van der Waals surface area contributed by atoms with Crippen LogP contribution >= 0.6 is 15.9 Å². The highest BCUT2D eigenvalue weighted by molar-refractivity contribution is 9.10. The van der Waals surface area contributed by atoms with Gasteiger partial charge < -0.3 is 0 Å². The molecule has 3 heteroatoms. The predicted octanol–water partition coefficient (Wildman–Crippen LogP) is 9.14. The van der Waals surface area contributed by atoms with Gasteiger partial charge in [-0.3, -0.25) is 0 Å². The van der Waals surface area contributed by atoms with E-state index in [0.29, 0.717) is 0 Å². The number of hydrogen-bond donors (Lipinski definition) is 0. The molecule has 0 amide bonds. The lowest BCUT2D eigenvalue weighted by Crippen LogP contribution is -1.96. The van der Waals surface area contributed by atoms with Crippen molar-refractivity contribution in [2.45, 2.75) is 0 Å². The average molecular weight is 511 g/mol. The third-order valence-corrected chi connectivity index (χ3v) is 7.18. The van der Waals surface area contributed by atoms with Gasteiger partial charge in [-0.1, -0.05) is 101 Å². The van der Waals surface area contributed by atoms with Crippen molar-refractivity contribution in [2.75, 3.05) is 0 Å². The van der Waals surface area contributed by atoms with E-state index < -0.39 is 0 Å². The molecule has 0 aliphatic rings. The third-order valence-electron chi connectivity index (χ3n) is 6.69. The second-order valence-corrected chi connectivity index (χ2v) is 9.69. The summed E-state index contributed by atoms with van der Waals surface area (Å²) in [6, 6.07) is 40.4. The maximum atomic E-state index is 5.00. The molecule has 1 heterocycles. The zero-order valence-electron chi connectivity index (χ0n) is 18.7. The van der Waals surface area contributed by atoms with Gasteiger partial charge in [0.2, 0.25) is 0 Å². The molecule has 164 valence electrons. The summed E-state index contributed by atoms with van der Waals surface area (Å²) in [6.45, 7) is 0. The van der Waals surface area contributed by atoms with Crippen molar-refractivity contribution in [3.8, 4) is 33.6 Å². The molecule has 0 N–H and O–H groups in total. The van der Waals surface area contributed by atoms with Gasteiger partial charge in [0.1, 0.15) is 0 Å². The van der Waals surface area contributed by atoms with Crippen LogP contribution in [0.25, 0.3) is 66.2 Å². The Kier molecular flexibility index (Phi) is 4.64. The molecule has 0 aliphatic carbocycles. The molecule has 7 rings (SSSR count). The van der Waals surface area contributed by atoms with E-state index in [1.807, 2.05) is 18.2 Å². The van der Waals surface area contributed by atoms with E-state index in [9.17, 15) is 0 Å². The molecule has 1 aromatic heterocycles. The van der Waals surface area contributed by atoms with Crippen LogP contribution in [-0.2, 0) is 0 Å². The number of benzene rings is 6. The first-order valence-corrected chi connectivity index (χ1v) is 12.4. The van der Waals surface area contributed by atoms with E-state index in [0.717, 1.165) is 32.3 Å². The van der Waals surface area contributed by atoms with Gasteiger partial charge in [0, 0.05) is 20.8 Å². The number of hydrogen-bond acceptors (Lipinski definition) is 2. The van der Waals surface area contributed by atoms with Gasteiger partial charge in [0.25, 0.3) is 0 Å². The molecule has 0 saturated carbocycles. The lowest BCUT2D eigenvalue weighted by molar-refractivity contribution is 1.26. The minimum Gasteiger partial charge on any atom is -0.228 e. The SMILES string of the molecule is Brc1cccc(-c2cc(-c3ccccc3)c3ccc4nc(-c5ccccc5)nc5ccc2c3c45)c1. The van der Waals surface area contributed by atoms with Crippen molar-refractivity contribution in [3.63, 3.8) is 0 Å². The van der Waals surface area contributed by atoms with Crippen LogP contribution in [0, 0.1) is 0 Å². The Hall–Kier alpha value is -4.08. The molecular weight excluding hydrogens is 492 g/mol. The molecule has 0 aliphatic heterocycles. The molecule has 0 bridgehead atoms. The molecule has 35 heavy (non-hydrogen) atoms. The fraction of sp³-hybridized carbons (Fsp3) is 0. The fourth-order valence-electron chi connectivity index (χ4n) is 5.12. The normalized spacial score (nSPS) is 11.6. The highest BCUT2D eigenvalue weighted by Crippen LogP contribution is 2.43. The number of halogens is 1. The minimum atomic E-state index is 0.756. The Morgan fingerprint density at radius 2 is 1.03 bits per heavy atom. The lowest BCUT2D eigenvalue weighted by Gasteiger charge is -2.18. The molecule has 6 aromatic carbocycles. The first-order valence-electron chi connectivity index (χ1n) is 11.6. The van der Waals surface area contributed by atoms with Gasteiger partial charge in [0.05, 0.1) is 11.0 Å². The van der Waals surface area contributed by atoms with E-state index in [1.54, 1.807) is 0 Å². The maximum Gasteiger partial charge on any atom is 0.160 e. The van der Waals surface area contributed by atoms with Gasteiger partial charge in [-0.2, -0.15) is 0 Å². The van der Waals surface area contributed by atoms with Gasteiger partial charge in [-0.15, -0.1) is 0 Å². The second kappa shape index (κ2) is 8.00. The van der Waals surface area contributed by atoms with E-state index >= 15 is 0 Å². The van der Waals surface area contributed by atoms with Crippen LogP contribution in [0.2, 0.25) is 0 Å². The van der Waals surface area contributed by atoms with Crippen molar-refractivity contribution in [2.24, 2.45) is 0 Å². The Morgan fingerprint density at radius 3 is 1.66 bits per heavy atom. The van der Waals surface area contributed by atoms with E-state index in [-0.39, 0.29) is 0 Å². The number of aromatic nitrogens is 2. The predicted molar refractivity (Wildman–Crippen MR) is 150 cm³/mol. The Labute approximate surface area is 211 Å². The summed E-state index contributed by atoms with van der Waals surface area (Å²) < 4.78 is 1.07. The zero-order valence-corrected chi connectivity index (χ0v) is 20.3. The first kappa shape index (κ1) is 20.3. The van der Waals surface area contributed by atoms with Crippen LogP contribution in [0.1, 0.15) is 0 Å². The highest BCUT2D eigenvalue weighted by Gasteiger charge is 2.18. The largest absolute Gasteiger partial charge is 0.228 e. The molecular formula is C32H19BrN2. The fourth-order valence-corrected chi connectivity index (χ4v) is 5.51. The quantitative estimate of drug-likeness (QED) is 0.221. The summed E-state index contributed by atoms with van der Waals surface area (Å²) in [7, 11) is 0. The van der Waals surface area contributed by atoms with E-state index in [1.165, 1.54) is 38.4 Å². The van der Waals surface area contributed by atoms with Crippen LogP contribution in [0.15, 0.2) is 120 Å². The van der Waals surface area contributed by atoms with Gasteiger partial charge in [-0.25, -0.2) is 9.97 Å². The summed E-state index contributed by atoms with van der Waals surface area (Å²) in [4.78, 5) is 10.00. The van der Waals surface area contributed by atoms with Crippen LogP contribution < -0.4 is 0 Å².